The lowest BCUT2D eigenvalue weighted by Gasteiger charge is -2.08. The number of amides is 2. The number of nitrogens with zero attached hydrogens (tertiary/aromatic N) is 1. The number of hydrogen-bond donors (Lipinski definition) is 2. The van der Waals surface area contributed by atoms with Gasteiger partial charge >= 0.3 is 0 Å². The summed E-state index contributed by atoms with van der Waals surface area (Å²) in [5, 5.41) is 7.23. The third-order valence-corrected chi connectivity index (χ3v) is 4.29. The Bertz CT molecular complexity index is 1080. The molecule has 0 aliphatic heterocycles. The molecule has 0 heterocycles. The molecule has 146 valence electrons. The highest BCUT2D eigenvalue weighted by Crippen LogP contribution is 2.15. The topological polar surface area (TPSA) is 70.6 Å². The monoisotopic (exact) mass is 409 g/mol. The van der Waals surface area contributed by atoms with E-state index in [9.17, 15) is 14.0 Å². The summed E-state index contributed by atoms with van der Waals surface area (Å²) in [6, 6.07) is 18.8. The Labute approximate surface area is 172 Å². The molecule has 3 rings (SSSR count). The van der Waals surface area contributed by atoms with Gasteiger partial charge in [0.15, 0.2) is 0 Å². The molecule has 2 N–H and O–H groups in total. The lowest BCUT2D eigenvalue weighted by atomic mass is 10.1. The molecule has 29 heavy (non-hydrogen) atoms. The summed E-state index contributed by atoms with van der Waals surface area (Å²) < 4.78 is 13.0. The van der Waals surface area contributed by atoms with E-state index in [0.717, 1.165) is 0 Å². The minimum absolute atomic E-state index is 0.324. The molecular formula is C22H17ClFN3O2. The van der Waals surface area contributed by atoms with Crippen LogP contribution in [0.25, 0.3) is 0 Å². The largest absolute Gasteiger partial charge is 0.322 e. The van der Waals surface area contributed by atoms with Gasteiger partial charge in [-0.05, 0) is 61.0 Å². The maximum Gasteiger partial charge on any atom is 0.271 e. The molecule has 0 bridgehead atoms. The number of benzene rings is 3. The zero-order chi connectivity index (χ0) is 20.8. The number of hydrogen-bond acceptors (Lipinski definition) is 3. The lowest BCUT2D eigenvalue weighted by Crippen LogP contribution is -2.20. The van der Waals surface area contributed by atoms with Crippen LogP contribution >= 0.6 is 11.6 Å². The van der Waals surface area contributed by atoms with Gasteiger partial charge < -0.3 is 5.32 Å². The number of rotatable bonds is 5. The molecule has 0 spiro atoms. The fourth-order valence-corrected chi connectivity index (χ4v) is 2.72. The minimum atomic E-state index is -0.440. The van der Waals surface area contributed by atoms with Crippen molar-refractivity contribution in [3.63, 3.8) is 0 Å². The van der Waals surface area contributed by atoms with Crippen LogP contribution in [-0.4, -0.2) is 17.5 Å². The van der Waals surface area contributed by atoms with Crippen molar-refractivity contribution < 1.29 is 14.0 Å². The van der Waals surface area contributed by atoms with Crippen molar-refractivity contribution in [3.05, 3.63) is 100 Å². The molecule has 3 aromatic rings. The van der Waals surface area contributed by atoms with Crippen molar-refractivity contribution in [3.8, 4) is 0 Å². The molecule has 2 amide bonds. The molecular weight excluding hydrogens is 393 g/mol. The molecule has 0 atom stereocenters. The Kier molecular flexibility index (Phi) is 6.36. The smallest absolute Gasteiger partial charge is 0.271 e. The van der Waals surface area contributed by atoms with Gasteiger partial charge in [0, 0.05) is 21.8 Å². The van der Waals surface area contributed by atoms with Gasteiger partial charge in [-0.15, -0.1) is 0 Å². The Morgan fingerprint density at radius 3 is 2.21 bits per heavy atom. The second-order valence-electron chi connectivity index (χ2n) is 6.19. The number of halogens is 2. The summed E-state index contributed by atoms with van der Waals surface area (Å²) in [4.78, 5) is 24.7. The third-order valence-electron chi connectivity index (χ3n) is 4.06. The lowest BCUT2D eigenvalue weighted by molar-refractivity contribution is 0.0953. The molecule has 3 aromatic carbocycles. The molecule has 5 nitrogen and oxygen atoms in total. The van der Waals surface area contributed by atoms with Crippen LogP contribution < -0.4 is 10.7 Å². The summed E-state index contributed by atoms with van der Waals surface area (Å²) in [6.45, 7) is 1.70. The fourth-order valence-electron chi connectivity index (χ4n) is 2.53. The van der Waals surface area contributed by atoms with Gasteiger partial charge in [0.25, 0.3) is 11.8 Å². The average Bonchev–Trinajstić information content (AvgIpc) is 2.72. The number of hydrazone groups is 1. The zero-order valence-corrected chi connectivity index (χ0v) is 16.2. The fraction of sp³-hybridized carbons (Fsp3) is 0.0455. The molecule has 0 fully saturated rings. The molecule has 0 aromatic heterocycles. The molecule has 0 aliphatic rings. The third kappa shape index (κ3) is 5.49. The summed E-state index contributed by atoms with van der Waals surface area (Å²) in [7, 11) is 0. The van der Waals surface area contributed by atoms with Crippen LogP contribution in [0.2, 0.25) is 5.02 Å². The van der Waals surface area contributed by atoms with Gasteiger partial charge in [-0.1, -0.05) is 35.9 Å². The van der Waals surface area contributed by atoms with Gasteiger partial charge in [-0.25, -0.2) is 9.82 Å². The van der Waals surface area contributed by atoms with Crippen LogP contribution in [-0.2, 0) is 0 Å². The second kappa shape index (κ2) is 9.12. The van der Waals surface area contributed by atoms with Crippen LogP contribution in [0.4, 0.5) is 10.1 Å². The first-order valence-corrected chi connectivity index (χ1v) is 9.08. The maximum absolute atomic E-state index is 13.0. The molecule has 0 radical (unpaired) electrons. The highest BCUT2D eigenvalue weighted by atomic mass is 35.5. The van der Waals surface area contributed by atoms with Crippen molar-refractivity contribution in [1.82, 2.24) is 5.43 Å². The van der Waals surface area contributed by atoms with E-state index in [1.165, 1.54) is 12.1 Å². The van der Waals surface area contributed by atoms with Crippen LogP contribution in [0.15, 0.2) is 77.9 Å². The highest BCUT2D eigenvalue weighted by molar-refractivity contribution is 6.31. The van der Waals surface area contributed by atoms with Crippen LogP contribution in [0.3, 0.4) is 0 Å². The van der Waals surface area contributed by atoms with E-state index in [0.29, 0.717) is 33.1 Å². The Balaban J connectivity index is 1.68. The molecule has 0 unspecified atom stereocenters. The Hall–Kier alpha value is -3.51. The summed E-state index contributed by atoms with van der Waals surface area (Å²) >= 11 is 5.91. The van der Waals surface area contributed by atoms with Gasteiger partial charge in [0.1, 0.15) is 5.82 Å². The highest BCUT2D eigenvalue weighted by Gasteiger charge is 2.10. The standard InChI is InChI=1S/C22H17ClFN3O2/c1-14(15-8-10-19(24)11-9-15)26-27-22(29)17-5-3-7-20(13-17)25-21(28)16-4-2-6-18(23)12-16/h2-13H,1H3,(H,25,28)(H,27,29). The summed E-state index contributed by atoms with van der Waals surface area (Å²) in [6.07, 6.45) is 0. The summed E-state index contributed by atoms with van der Waals surface area (Å²) in [5.41, 5.74) is 4.87. The van der Waals surface area contributed by atoms with Gasteiger partial charge in [-0.3, -0.25) is 9.59 Å². The van der Waals surface area contributed by atoms with E-state index >= 15 is 0 Å². The van der Waals surface area contributed by atoms with E-state index in [1.54, 1.807) is 67.6 Å². The van der Waals surface area contributed by atoms with E-state index in [4.69, 9.17) is 11.6 Å². The first-order valence-electron chi connectivity index (χ1n) is 8.70. The van der Waals surface area contributed by atoms with Crippen molar-refractivity contribution in [2.24, 2.45) is 5.10 Å². The van der Waals surface area contributed by atoms with Crippen molar-refractivity contribution in [2.75, 3.05) is 5.32 Å². The molecule has 7 heteroatoms. The first-order chi connectivity index (χ1) is 13.9. The van der Waals surface area contributed by atoms with Crippen molar-refractivity contribution >= 4 is 34.8 Å². The van der Waals surface area contributed by atoms with E-state index in [1.807, 2.05) is 0 Å². The predicted octanol–water partition coefficient (Wildman–Crippen LogP) is 4.89. The van der Waals surface area contributed by atoms with E-state index in [-0.39, 0.29) is 11.7 Å². The van der Waals surface area contributed by atoms with Crippen molar-refractivity contribution in [1.29, 1.82) is 0 Å². The van der Waals surface area contributed by atoms with Crippen LogP contribution in [0.1, 0.15) is 33.2 Å². The number of nitrogens with one attached hydrogen (secondary N) is 2. The molecule has 0 aliphatic carbocycles. The minimum Gasteiger partial charge on any atom is -0.322 e. The zero-order valence-electron chi connectivity index (χ0n) is 15.4. The molecule has 0 saturated carbocycles. The second-order valence-corrected chi connectivity index (χ2v) is 6.63. The SMILES string of the molecule is CC(=NNC(=O)c1cccc(NC(=O)c2cccc(Cl)c2)c1)c1ccc(F)cc1. The van der Waals surface area contributed by atoms with Crippen LogP contribution in [0, 0.1) is 5.82 Å². The quantitative estimate of drug-likeness (QED) is 0.465. The van der Waals surface area contributed by atoms with Crippen LogP contribution in [0.5, 0.6) is 0 Å². The Morgan fingerprint density at radius 2 is 1.52 bits per heavy atom. The van der Waals surface area contributed by atoms with Gasteiger partial charge in [0.05, 0.1) is 5.71 Å². The Morgan fingerprint density at radius 1 is 0.862 bits per heavy atom. The first kappa shape index (κ1) is 20.2. The van der Waals surface area contributed by atoms with E-state index in [2.05, 4.69) is 15.8 Å². The van der Waals surface area contributed by atoms with E-state index < -0.39 is 5.91 Å². The number of carbonyl (C=O) groups excluding carboxylic acids is 2. The number of anilines is 1. The summed E-state index contributed by atoms with van der Waals surface area (Å²) in [5.74, 6) is -1.12. The normalized spacial score (nSPS) is 11.1. The van der Waals surface area contributed by atoms with Crippen molar-refractivity contribution in [2.45, 2.75) is 6.92 Å². The van der Waals surface area contributed by atoms with Gasteiger partial charge in [-0.2, -0.15) is 5.10 Å². The number of carbonyl (C=O) groups is 2. The predicted molar refractivity (Wildman–Crippen MR) is 112 cm³/mol. The molecule has 0 saturated heterocycles. The average molecular weight is 410 g/mol. The van der Waals surface area contributed by atoms with Gasteiger partial charge in [0.2, 0.25) is 0 Å². The maximum atomic E-state index is 13.0.